The highest BCUT2D eigenvalue weighted by Gasteiger charge is 2.27. The second-order valence-corrected chi connectivity index (χ2v) is 5.23. The SMILES string of the molecule is Fc1ccccc1C1CCc2[nH]nc(-c3nn[nH]n3)c2C1. The molecule has 1 aliphatic rings. The average molecular weight is 284 g/mol. The zero-order valence-electron chi connectivity index (χ0n) is 11.2. The van der Waals surface area contributed by atoms with Gasteiger partial charge in [-0.1, -0.05) is 18.2 Å². The Kier molecular flexibility index (Phi) is 2.77. The van der Waals surface area contributed by atoms with Crippen LogP contribution < -0.4 is 0 Å². The standard InChI is InChI=1S/C14H13FN6/c15-11-4-2-1-3-9(11)8-5-6-12-10(7-8)13(17-16-12)14-18-20-21-19-14/h1-4,8H,5-7H2,(H,16,17)(H,18,19,20,21). The lowest BCUT2D eigenvalue weighted by atomic mass is 9.82. The van der Waals surface area contributed by atoms with E-state index < -0.39 is 0 Å². The van der Waals surface area contributed by atoms with Crippen molar-refractivity contribution < 1.29 is 4.39 Å². The topological polar surface area (TPSA) is 83.1 Å². The van der Waals surface area contributed by atoms with E-state index >= 15 is 0 Å². The van der Waals surface area contributed by atoms with Crippen LogP contribution in [0.15, 0.2) is 24.3 Å². The van der Waals surface area contributed by atoms with Gasteiger partial charge in [-0.05, 0) is 42.0 Å². The monoisotopic (exact) mass is 284 g/mol. The molecule has 0 saturated carbocycles. The predicted molar refractivity (Wildman–Crippen MR) is 72.9 cm³/mol. The van der Waals surface area contributed by atoms with E-state index in [4.69, 9.17) is 0 Å². The lowest BCUT2D eigenvalue weighted by Gasteiger charge is -2.22. The molecule has 1 aromatic carbocycles. The first kappa shape index (κ1) is 12.2. The molecule has 0 aliphatic heterocycles. The molecule has 1 aliphatic carbocycles. The van der Waals surface area contributed by atoms with Gasteiger partial charge in [-0.15, -0.1) is 10.2 Å². The predicted octanol–water partition coefficient (Wildman–Crippen LogP) is 2.00. The molecule has 0 bridgehead atoms. The molecule has 6 nitrogen and oxygen atoms in total. The van der Waals surface area contributed by atoms with Gasteiger partial charge < -0.3 is 0 Å². The number of aromatic nitrogens is 6. The molecule has 7 heteroatoms. The molecule has 1 atom stereocenters. The lowest BCUT2D eigenvalue weighted by Crippen LogP contribution is -2.13. The molecule has 0 radical (unpaired) electrons. The second-order valence-electron chi connectivity index (χ2n) is 5.23. The Labute approximate surface area is 119 Å². The maximum absolute atomic E-state index is 14.0. The van der Waals surface area contributed by atoms with Crippen molar-refractivity contribution in [1.29, 1.82) is 0 Å². The lowest BCUT2D eigenvalue weighted by molar-refractivity contribution is 0.531. The number of halogens is 1. The Bertz CT molecular complexity index is 764. The number of nitrogens with zero attached hydrogens (tertiary/aromatic N) is 4. The summed E-state index contributed by atoms with van der Waals surface area (Å²) < 4.78 is 14.0. The third-order valence-corrected chi connectivity index (χ3v) is 4.05. The van der Waals surface area contributed by atoms with Crippen LogP contribution in [0.5, 0.6) is 0 Å². The molecule has 2 N–H and O–H groups in total. The minimum absolute atomic E-state index is 0.143. The molecule has 0 spiro atoms. The molecule has 2 aromatic heterocycles. The number of nitrogens with one attached hydrogen (secondary N) is 2. The summed E-state index contributed by atoms with van der Waals surface area (Å²) in [7, 11) is 0. The highest BCUT2D eigenvalue weighted by Crippen LogP contribution is 2.36. The average Bonchev–Trinajstić information content (AvgIpc) is 3.16. The molecule has 2 heterocycles. The summed E-state index contributed by atoms with van der Waals surface area (Å²) in [6.45, 7) is 0. The third kappa shape index (κ3) is 2.01. The number of hydrogen-bond donors (Lipinski definition) is 2. The van der Waals surface area contributed by atoms with Crippen LogP contribution in [0.2, 0.25) is 0 Å². The molecule has 3 aromatic rings. The summed E-state index contributed by atoms with van der Waals surface area (Å²) in [6.07, 6.45) is 2.48. The number of rotatable bonds is 2. The smallest absolute Gasteiger partial charge is 0.225 e. The number of benzene rings is 1. The van der Waals surface area contributed by atoms with Crippen LogP contribution in [0.25, 0.3) is 11.5 Å². The van der Waals surface area contributed by atoms with Gasteiger partial charge in [0.25, 0.3) is 0 Å². The zero-order valence-corrected chi connectivity index (χ0v) is 11.2. The fourth-order valence-electron chi connectivity index (χ4n) is 3.01. The summed E-state index contributed by atoms with van der Waals surface area (Å²) in [5, 5.41) is 21.3. The summed E-state index contributed by atoms with van der Waals surface area (Å²) in [5.41, 5.74) is 3.63. The van der Waals surface area contributed by atoms with E-state index in [1.165, 1.54) is 6.07 Å². The fourth-order valence-corrected chi connectivity index (χ4v) is 3.01. The number of fused-ring (bicyclic) bond motifs is 1. The van der Waals surface area contributed by atoms with Crippen LogP contribution in [0.4, 0.5) is 4.39 Å². The molecule has 0 saturated heterocycles. The Morgan fingerprint density at radius 2 is 2.10 bits per heavy atom. The summed E-state index contributed by atoms with van der Waals surface area (Å²) in [6, 6.07) is 6.97. The fraction of sp³-hybridized carbons (Fsp3) is 0.286. The number of aromatic amines is 2. The Morgan fingerprint density at radius 3 is 2.90 bits per heavy atom. The van der Waals surface area contributed by atoms with Crippen molar-refractivity contribution in [1.82, 2.24) is 30.8 Å². The van der Waals surface area contributed by atoms with E-state index in [2.05, 4.69) is 30.8 Å². The van der Waals surface area contributed by atoms with Crippen molar-refractivity contribution >= 4 is 0 Å². The Morgan fingerprint density at radius 1 is 1.19 bits per heavy atom. The summed E-state index contributed by atoms with van der Waals surface area (Å²) >= 11 is 0. The van der Waals surface area contributed by atoms with Gasteiger partial charge in [0.15, 0.2) is 0 Å². The Hall–Kier alpha value is -2.57. The van der Waals surface area contributed by atoms with Crippen LogP contribution in [-0.4, -0.2) is 30.8 Å². The van der Waals surface area contributed by atoms with Gasteiger partial charge in [0, 0.05) is 11.3 Å². The number of hydrogen-bond acceptors (Lipinski definition) is 4. The van der Waals surface area contributed by atoms with Crippen molar-refractivity contribution in [2.24, 2.45) is 0 Å². The molecular weight excluding hydrogens is 271 g/mol. The molecule has 0 fully saturated rings. The highest BCUT2D eigenvalue weighted by molar-refractivity contribution is 5.56. The van der Waals surface area contributed by atoms with Crippen LogP contribution in [0.1, 0.15) is 29.2 Å². The largest absolute Gasteiger partial charge is 0.282 e. The van der Waals surface area contributed by atoms with Gasteiger partial charge in [-0.25, -0.2) is 4.39 Å². The summed E-state index contributed by atoms with van der Waals surface area (Å²) in [4.78, 5) is 0. The van der Waals surface area contributed by atoms with Crippen LogP contribution in [-0.2, 0) is 12.8 Å². The number of H-pyrrole nitrogens is 2. The maximum atomic E-state index is 14.0. The van der Waals surface area contributed by atoms with Gasteiger partial charge in [0.2, 0.25) is 5.82 Å². The first-order chi connectivity index (χ1) is 10.3. The minimum Gasteiger partial charge on any atom is -0.282 e. The van der Waals surface area contributed by atoms with Crippen molar-refractivity contribution in [3.63, 3.8) is 0 Å². The first-order valence-electron chi connectivity index (χ1n) is 6.87. The van der Waals surface area contributed by atoms with Crippen LogP contribution in [0.3, 0.4) is 0 Å². The number of aryl methyl sites for hydroxylation is 1. The van der Waals surface area contributed by atoms with Crippen molar-refractivity contribution in [2.75, 3.05) is 0 Å². The van der Waals surface area contributed by atoms with Crippen LogP contribution in [0, 0.1) is 5.82 Å². The summed E-state index contributed by atoms with van der Waals surface area (Å²) in [5.74, 6) is 0.485. The van der Waals surface area contributed by atoms with Crippen molar-refractivity contribution in [3.05, 3.63) is 46.9 Å². The molecule has 21 heavy (non-hydrogen) atoms. The molecule has 1 unspecified atom stereocenters. The van der Waals surface area contributed by atoms with Gasteiger partial charge in [0.05, 0.1) is 0 Å². The van der Waals surface area contributed by atoms with Crippen molar-refractivity contribution in [3.8, 4) is 11.5 Å². The van der Waals surface area contributed by atoms with Gasteiger partial charge in [-0.2, -0.15) is 10.3 Å². The van der Waals surface area contributed by atoms with Gasteiger partial charge in [-0.3, -0.25) is 5.10 Å². The Balaban J connectivity index is 1.72. The van der Waals surface area contributed by atoms with Gasteiger partial charge in [0.1, 0.15) is 11.5 Å². The van der Waals surface area contributed by atoms with E-state index in [9.17, 15) is 4.39 Å². The zero-order chi connectivity index (χ0) is 14.2. The third-order valence-electron chi connectivity index (χ3n) is 4.05. The van der Waals surface area contributed by atoms with E-state index in [0.29, 0.717) is 11.5 Å². The minimum atomic E-state index is -0.143. The second kappa shape index (κ2) is 4.76. The first-order valence-corrected chi connectivity index (χ1v) is 6.87. The normalized spacial score (nSPS) is 17.7. The van der Waals surface area contributed by atoms with Gasteiger partial charge >= 0.3 is 0 Å². The molecule has 4 rings (SSSR count). The van der Waals surface area contributed by atoms with E-state index in [1.54, 1.807) is 6.07 Å². The van der Waals surface area contributed by atoms with E-state index in [0.717, 1.165) is 36.1 Å². The van der Waals surface area contributed by atoms with Crippen LogP contribution >= 0.6 is 0 Å². The quantitative estimate of drug-likeness (QED) is 0.754. The maximum Gasteiger partial charge on any atom is 0.225 e. The molecule has 106 valence electrons. The van der Waals surface area contributed by atoms with E-state index in [1.807, 2.05) is 12.1 Å². The van der Waals surface area contributed by atoms with E-state index in [-0.39, 0.29) is 11.7 Å². The van der Waals surface area contributed by atoms with Crippen molar-refractivity contribution in [2.45, 2.75) is 25.2 Å². The molecule has 0 amide bonds. The highest BCUT2D eigenvalue weighted by atomic mass is 19.1. The molecular formula is C14H13FN6. The number of tetrazole rings is 1.